The van der Waals surface area contributed by atoms with E-state index in [0.717, 1.165) is 22.4 Å². The van der Waals surface area contributed by atoms with Crippen LogP contribution in [0.2, 0.25) is 0 Å². The Morgan fingerprint density at radius 2 is 1.74 bits per heavy atom. The molecule has 0 spiro atoms. The molecule has 3 rings (SSSR count). The Morgan fingerprint density at radius 3 is 2.35 bits per heavy atom. The van der Waals surface area contributed by atoms with Gasteiger partial charge in [-0.05, 0) is 43.0 Å². The molecule has 0 bridgehead atoms. The highest BCUT2D eigenvalue weighted by Gasteiger charge is 2.14. The van der Waals surface area contributed by atoms with Crippen LogP contribution in [0.3, 0.4) is 0 Å². The molecule has 0 saturated carbocycles. The summed E-state index contributed by atoms with van der Waals surface area (Å²) in [5, 5.41) is 9.03. The van der Waals surface area contributed by atoms with Gasteiger partial charge in [0.1, 0.15) is 0 Å². The van der Waals surface area contributed by atoms with Crippen molar-refractivity contribution in [3.63, 3.8) is 0 Å². The Hall–Kier alpha value is -2.36. The monoisotopic (exact) mass is 308 g/mol. The molecule has 4 nitrogen and oxygen atoms in total. The van der Waals surface area contributed by atoms with Crippen molar-refractivity contribution >= 4 is 16.7 Å². The quantitative estimate of drug-likeness (QED) is 0.772. The predicted octanol–water partition coefficient (Wildman–Crippen LogP) is 4.54. The van der Waals surface area contributed by atoms with Gasteiger partial charge in [0.15, 0.2) is 5.65 Å². The fourth-order valence-electron chi connectivity index (χ4n) is 2.66. The van der Waals surface area contributed by atoms with E-state index in [2.05, 4.69) is 74.3 Å². The molecular formula is C19H24N4. The minimum absolute atomic E-state index is 0.150. The van der Waals surface area contributed by atoms with Crippen LogP contribution < -0.4 is 5.32 Å². The molecule has 3 aromatic rings. The number of nitrogens with zero attached hydrogens (tertiary/aromatic N) is 3. The molecule has 0 aliphatic heterocycles. The molecule has 1 N–H and O–H groups in total. The first-order valence-electron chi connectivity index (χ1n) is 8.06. The molecule has 0 fully saturated rings. The Balaban J connectivity index is 2.04. The smallest absolute Gasteiger partial charge is 0.164 e. The van der Waals surface area contributed by atoms with E-state index in [4.69, 9.17) is 0 Å². The highest BCUT2D eigenvalue weighted by atomic mass is 15.3. The van der Waals surface area contributed by atoms with Crippen LogP contribution in [0.5, 0.6) is 0 Å². The maximum atomic E-state index is 4.54. The summed E-state index contributed by atoms with van der Waals surface area (Å²) in [7, 11) is 0. The molecule has 0 saturated heterocycles. The first-order valence-corrected chi connectivity index (χ1v) is 8.06. The highest BCUT2D eigenvalue weighted by molar-refractivity contribution is 5.89. The summed E-state index contributed by atoms with van der Waals surface area (Å²) in [6.07, 6.45) is 3.71. The lowest BCUT2D eigenvalue weighted by Crippen LogP contribution is -2.11. The zero-order valence-electron chi connectivity index (χ0n) is 14.5. The van der Waals surface area contributed by atoms with Crippen molar-refractivity contribution in [2.45, 2.75) is 46.1 Å². The van der Waals surface area contributed by atoms with Crippen LogP contribution >= 0.6 is 0 Å². The number of benzene rings is 1. The molecular weight excluding hydrogens is 284 g/mol. The minimum Gasteiger partial charge on any atom is -0.382 e. The van der Waals surface area contributed by atoms with Crippen LogP contribution in [0.1, 0.15) is 40.2 Å². The first kappa shape index (κ1) is 15.5. The zero-order chi connectivity index (χ0) is 16.6. The average Bonchev–Trinajstić information content (AvgIpc) is 2.91. The van der Waals surface area contributed by atoms with E-state index in [9.17, 15) is 0 Å². The van der Waals surface area contributed by atoms with Gasteiger partial charge in [0.2, 0.25) is 0 Å². The number of hydrogen-bond acceptors (Lipinski definition) is 3. The fraction of sp³-hybridized carbons (Fsp3) is 0.368. The van der Waals surface area contributed by atoms with Crippen molar-refractivity contribution in [1.82, 2.24) is 14.8 Å². The van der Waals surface area contributed by atoms with Gasteiger partial charge in [-0.25, -0.2) is 9.67 Å². The van der Waals surface area contributed by atoms with Crippen molar-refractivity contribution in [2.24, 2.45) is 0 Å². The van der Waals surface area contributed by atoms with Crippen LogP contribution in [0, 0.1) is 0 Å². The molecule has 0 aliphatic carbocycles. The number of anilines is 1. The molecule has 0 atom stereocenters. The molecule has 2 heterocycles. The summed E-state index contributed by atoms with van der Waals surface area (Å²) < 4.78 is 1.90. The van der Waals surface area contributed by atoms with Crippen molar-refractivity contribution in [3.05, 3.63) is 48.3 Å². The molecule has 0 aliphatic rings. The summed E-state index contributed by atoms with van der Waals surface area (Å²) in [6.45, 7) is 10.9. The van der Waals surface area contributed by atoms with Gasteiger partial charge in [0.25, 0.3) is 0 Å². The number of nitrogens with one attached hydrogen (secondary N) is 1. The number of pyridine rings is 1. The standard InChI is InChI=1S/C19H24N4/c1-13(2)22-17-10-11-20-18-16(17)12-21-23(18)15-8-6-14(7-9-15)19(3,4)5/h6-13H,1-5H3,(H,20,22). The van der Waals surface area contributed by atoms with Crippen LogP contribution in [0.25, 0.3) is 16.7 Å². The molecule has 0 amide bonds. The molecule has 120 valence electrons. The molecule has 0 radical (unpaired) electrons. The van der Waals surface area contributed by atoms with E-state index < -0.39 is 0 Å². The lowest BCUT2D eigenvalue weighted by atomic mass is 9.87. The van der Waals surface area contributed by atoms with Gasteiger partial charge in [0, 0.05) is 17.9 Å². The first-order chi connectivity index (χ1) is 10.9. The van der Waals surface area contributed by atoms with Gasteiger partial charge in [-0.2, -0.15) is 5.10 Å². The van der Waals surface area contributed by atoms with Gasteiger partial charge >= 0.3 is 0 Å². The number of fused-ring (bicyclic) bond motifs is 1. The maximum absolute atomic E-state index is 4.54. The molecule has 4 heteroatoms. The van der Waals surface area contributed by atoms with Gasteiger partial charge in [-0.1, -0.05) is 32.9 Å². The van der Waals surface area contributed by atoms with Crippen molar-refractivity contribution in [1.29, 1.82) is 0 Å². The Labute approximate surface area is 137 Å². The highest BCUT2D eigenvalue weighted by Crippen LogP contribution is 2.26. The normalized spacial score (nSPS) is 12.1. The van der Waals surface area contributed by atoms with Crippen molar-refractivity contribution in [2.75, 3.05) is 5.32 Å². The second kappa shape index (κ2) is 5.69. The molecule has 0 unspecified atom stereocenters. The number of hydrogen-bond donors (Lipinski definition) is 1. The second-order valence-electron chi connectivity index (χ2n) is 7.25. The van der Waals surface area contributed by atoms with Crippen molar-refractivity contribution in [3.8, 4) is 5.69 Å². The Morgan fingerprint density at radius 1 is 1.04 bits per heavy atom. The Bertz CT molecular complexity index is 807. The lowest BCUT2D eigenvalue weighted by molar-refractivity contribution is 0.590. The van der Waals surface area contributed by atoms with Gasteiger partial charge in [-0.3, -0.25) is 0 Å². The van der Waals surface area contributed by atoms with E-state index in [-0.39, 0.29) is 5.41 Å². The van der Waals surface area contributed by atoms with E-state index in [0.29, 0.717) is 6.04 Å². The summed E-state index contributed by atoms with van der Waals surface area (Å²) >= 11 is 0. The minimum atomic E-state index is 0.150. The third-order valence-corrected chi connectivity index (χ3v) is 3.89. The third kappa shape index (κ3) is 3.07. The van der Waals surface area contributed by atoms with Gasteiger partial charge < -0.3 is 5.32 Å². The van der Waals surface area contributed by atoms with E-state index in [1.54, 1.807) is 0 Å². The number of aromatic nitrogens is 3. The van der Waals surface area contributed by atoms with Gasteiger partial charge in [0.05, 0.1) is 17.3 Å². The van der Waals surface area contributed by atoms with Gasteiger partial charge in [-0.15, -0.1) is 0 Å². The van der Waals surface area contributed by atoms with E-state index in [1.165, 1.54) is 5.56 Å². The molecule has 2 aromatic heterocycles. The van der Waals surface area contributed by atoms with Crippen LogP contribution in [-0.2, 0) is 5.41 Å². The summed E-state index contributed by atoms with van der Waals surface area (Å²) in [6, 6.07) is 10.9. The zero-order valence-corrected chi connectivity index (χ0v) is 14.5. The average molecular weight is 308 g/mol. The van der Waals surface area contributed by atoms with Crippen LogP contribution in [0.15, 0.2) is 42.7 Å². The fourth-order valence-corrected chi connectivity index (χ4v) is 2.66. The van der Waals surface area contributed by atoms with E-state index in [1.807, 2.05) is 23.1 Å². The predicted molar refractivity (Wildman–Crippen MR) is 96.3 cm³/mol. The van der Waals surface area contributed by atoms with Crippen LogP contribution in [-0.4, -0.2) is 20.8 Å². The lowest BCUT2D eigenvalue weighted by Gasteiger charge is -2.19. The summed E-state index contributed by atoms with van der Waals surface area (Å²) in [5.74, 6) is 0. The SMILES string of the molecule is CC(C)Nc1ccnc2c1cnn2-c1ccc(C(C)(C)C)cc1. The number of rotatable bonds is 3. The van der Waals surface area contributed by atoms with Crippen molar-refractivity contribution < 1.29 is 0 Å². The molecule has 1 aromatic carbocycles. The summed E-state index contributed by atoms with van der Waals surface area (Å²) in [4.78, 5) is 4.52. The van der Waals surface area contributed by atoms with Crippen LogP contribution in [0.4, 0.5) is 5.69 Å². The van der Waals surface area contributed by atoms with E-state index >= 15 is 0 Å². The maximum Gasteiger partial charge on any atom is 0.164 e. The Kier molecular flexibility index (Phi) is 3.84. The largest absolute Gasteiger partial charge is 0.382 e. The topological polar surface area (TPSA) is 42.7 Å². The third-order valence-electron chi connectivity index (χ3n) is 3.89. The summed E-state index contributed by atoms with van der Waals surface area (Å²) in [5.41, 5.74) is 4.44. The molecule has 23 heavy (non-hydrogen) atoms. The second-order valence-corrected chi connectivity index (χ2v) is 7.25.